The number of aryl methyl sites for hydroxylation is 1. The molecule has 1 aromatic rings. The molecule has 0 bridgehead atoms. The molecular formula is C15H21ClN2O3. The van der Waals surface area contributed by atoms with E-state index in [1.54, 1.807) is 23.1 Å². The summed E-state index contributed by atoms with van der Waals surface area (Å²) in [5.41, 5.74) is 1.55. The zero-order valence-corrected chi connectivity index (χ0v) is 13.3. The molecule has 21 heavy (non-hydrogen) atoms. The van der Waals surface area contributed by atoms with E-state index in [0.29, 0.717) is 10.7 Å². The largest absolute Gasteiger partial charge is 0.480 e. The van der Waals surface area contributed by atoms with Gasteiger partial charge in [-0.15, -0.1) is 0 Å². The van der Waals surface area contributed by atoms with Crippen molar-refractivity contribution in [3.63, 3.8) is 0 Å². The van der Waals surface area contributed by atoms with Gasteiger partial charge in [0.25, 0.3) is 0 Å². The van der Waals surface area contributed by atoms with Gasteiger partial charge < -0.3 is 10.4 Å². The third kappa shape index (κ3) is 5.73. The van der Waals surface area contributed by atoms with Crippen LogP contribution in [0.2, 0.25) is 5.02 Å². The maximum Gasteiger partial charge on any atom is 0.317 e. The Morgan fingerprint density at radius 2 is 2.05 bits per heavy atom. The fourth-order valence-corrected chi connectivity index (χ4v) is 2.17. The van der Waals surface area contributed by atoms with Crippen molar-refractivity contribution in [3.8, 4) is 0 Å². The molecule has 116 valence electrons. The van der Waals surface area contributed by atoms with Crippen LogP contribution in [0.4, 0.5) is 5.69 Å². The van der Waals surface area contributed by atoms with Crippen LogP contribution in [0.25, 0.3) is 0 Å². The van der Waals surface area contributed by atoms with Gasteiger partial charge in [-0.25, -0.2) is 0 Å². The van der Waals surface area contributed by atoms with Gasteiger partial charge in [0.2, 0.25) is 5.91 Å². The van der Waals surface area contributed by atoms with E-state index in [1.807, 2.05) is 20.8 Å². The summed E-state index contributed by atoms with van der Waals surface area (Å²) in [7, 11) is 0. The lowest BCUT2D eigenvalue weighted by molar-refractivity contribution is -0.139. The van der Waals surface area contributed by atoms with Crippen LogP contribution >= 0.6 is 11.6 Å². The average molecular weight is 313 g/mol. The van der Waals surface area contributed by atoms with Crippen molar-refractivity contribution in [1.29, 1.82) is 0 Å². The van der Waals surface area contributed by atoms with E-state index in [2.05, 4.69) is 5.32 Å². The summed E-state index contributed by atoms with van der Waals surface area (Å²) in [6.07, 6.45) is 0.778. The third-order valence-corrected chi connectivity index (χ3v) is 3.60. The molecule has 1 aromatic carbocycles. The molecular weight excluding hydrogens is 292 g/mol. The minimum absolute atomic E-state index is 0.0261. The van der Waals surface area contributed by atoms with Crippen molar-refractivity contribution in [2.45, 2.75) is 33.2 Å². The SMILES string of the molecule is CCC(C)N(CC(=O)O)CC(=O)Nc1ccc(Cl)cc1C. The molecule has 0 spiro atoms. The molecule has 0 aliphatic rings. The van der Waals surface area contributed by atoms with Crippen molar-refractivity contribution in [1.82, 2.24) is 4.90 Å². The Morgan fingerprint density at radius 3 is 2.57 bits per heavy atom. The summed E-state index contributed by atoms with van der Waals surface area (Å²) in [6.45, 7) is 5.61. The van der Waals surface area contributed by atoms with Crippen LogP contribution in [0.3, 0.4) is 0 Å². The van der Waals surface area contributed by atoms with Crippen LogP contribution in [0, 0.1) is 6.92 Å². The second-order valence-corrected chi connectivity index (χ2v) is 5.50. The smallest absolute Gasteiger partial charge is 0.317 e. The molecule has 0 aromatic heterocycles. The quantitative estimate of drug-likeness (QED) is 0.812. The fourth-order valence-electron chi connectivity index (χ4n) is 1.94. The number of rotatable bonds is 7. The number of benzene rings is 1. The standard InChI is InChI=1S/C15H21ClN2O3/c1-4-11(3)18(9-15(20)21)8-14(19)17-13-6-5-12(16)7-10(13)2/h5-7,11H,4,8-9H2,1-3H3,(H,17,19)(H,20,21). The van der Waals surface area contributed by atoms with E-state index >= 15 is 0 Å². The van der Waals surface area contributed by atoms with Crippen LogP contribution in [-0.2, 0) is 9.59 Å². The summed E-state index contributed by atoms with van der Waals surface area (Å²) in [4.78, 5) is 24.6. The van der Waals surface area contributed by atoms with Crippen molar-refractivity contribution in [3.05, 3.63) is 28.8 Å². The van der Waals surface area contributed by atoms with Gasteiger partial charge in [0.05, 0.1) is 13.1 Å². The summed E-state index contributed by atoms with van der Waals surface area (Å²) in [6, 6.07) is 5.23. The predicted molar refractivity (Wildman–Crippen MR) is 83.8 cm³/mol. The van der Waals surface area contributed by atoms with E-state index < -0.39 is 5.97 Å². The maximum absolute atomic E-state index is 12.1. The Labute approximate surface area is 129 Å². The molecule has 1 rings (SSSR count). The Bertz CT molecular complexity index is 520. The van der Waals surface area contributed by atoms with Gasteiger partial charge in [0, 0.05) is 16.8 Å². The molecule has 0 saturated carbocycles. The summed E-state index contributed by atoms with van der Waals surface area (Å²) >= 11 is 5.87. The molecule has 0 heterocycles. The number of anilines is 1. The highest BCUT2D eigenvalue weighted by Crippen LogP contribution is 2.19. The molecule has 0 aliphatic carbocycles. The molecule has 1 amide bonds. The summed E-state index contributed by atoms with van der Waals surface area (Å²) < 4.78 is 0. The third-order valence-electron chi connectivity index (χ3n) is 3.36. The molecule has 0 fully saturated rings. The van der Waals surface area contributed by atoms with Crippen molar-refractivity contribution >= 4 is 29.2 Å². The Kier molecular flexibility index (Phi) is 6.65. The highest BCUT2D eigenvalue weighted by atomic mass is 35.5. The number of carboxylic acids is 1. The first-order chi connectivity index (χ1) is 9.83. The Balaban J connectivity index is 2.71. The van der Waals surface area contributed by atoms with Crippen LogP contribution in [0.15, 0.2) is 18.2 Å². The molecule has 1 atom stereocenters. The minimum Gasteiger partial charge on any atom is -0.480 e. The fraction of sp³-hybridized carbons (Fsp3) is 0.467. The van der Waals surface area contributed by atoms with Crippen molar-refractivity contribution < 1.29 is 14.7 Å². The number of aliphatic carboxylic acids is 1. The molecule has 1 unspecified atom stereocenters. The highest BCUT2D eigenvalue weighted by Gasteiger charge is 2.19. The molecule has 0 saturated heterocycles. The number of amides is 1. The predicted octanol–water partition coefficient (Wildman–Crippen LogP) is 2.77. The molecule has 2 N–H and O–H groups in total. The molecule has 6 heteroatoms. The summed E-state index contributed by atoms with van der Waals surface area (Å²) in [5, 5.41) is 12.3. The number of carbonyl (C=O) groups is 2. The monoisotopic (exact) mass is 312 g/mol. The van der Waals surface area contributed by atoms with Gasteiger partial charge in [-0.3, -0.25) is 14.5 Å². The molecule has 5 nitrogen and oxygen atoms in total. The first-order valence-corrected chi connectivity index (χ1v) is 7.23. The topological polar surface area (TPSA) is 69.6 Å². The van der Waals surface area contributed by atoms with E-state index in [4.69, 9.17) is 16.7 Å². The van der Waals surface area contributed by atoms with Crippen LogP contribution < -0.4 is 5.32 Å². The normalized spacial score (nSPS) is 12.2. The number of halogens is 1. The van der Waals surface area contributed by atoms with E-state index in [0.717, 1.165) is 12.0 Å². The van der Waals surface area contributed by atoms with Crippen LogP contribution in [0.5, 0.6) is 0 Å². The number of hydrogen-bond donors (Lipinski definition) is 2. The van der Waals surface area contributed by atoms with Gasteiger partial charge in [-0.2, -0.15) is 0 Å². The average Bonchev–Trinajstić information content (AvgIpc) is 2.39. The van der Waals surface area contributed by atoms with E-state index in [-0.39, 0.29) is 25.0 Å². The Morgan fingerprint density at radius 1 is 1.38 bits per heavy atom. The van der Waals surface area contributed by atoms with Gasteiger partial charge >= 0.3 is 5.97 Å². The minimum atomic E-state index is -0.939. The van der Waals surface area contributed by atoms with E-state index in [9.17, 15) is 9.59 Å². The lowest BCUT2D eigenvalue weighted by Crippen LogP contribution is -2.42. The second kappa shape index (κ2) is 8.00. The molecule has 0 radical (unpaired) electrons. The van der Waals surface area contributed by atoms with Gasteiger partial charge in [0.1, 0.15) is 0 Å². The number of nitrogens with zero attached hydrogens (tertiary/aromatic N) is 1. The van der Waals surface area contributed by atoms with Crippen LogP contribution in [0.1, 0.15) is 25.8 Å². The zero-order valence-electron chi connectivity index (χ0n) is 12.5. The first-order valence-electron chi connectivity index (χ1n) is 6.85. The van der Waals surface area contributed by atoms with Gasteiger partial charge in [-0.1, -0.05) is 18.5 Å². The molecule has 0 aliphatic heterocycles. The van der Waals surface area contributed by atoms with E-state index in [1.165, 1.54) is 0 Å². The number of carboxylic acid groups (broad SMARTS) is 1. The van der Waals surface area contributed by atoms with Crippen LogP contribution in [-0.4, -0.2) is 41.0 Å². The first kappa shape index (κ1) is 17.5. The number of hydrogen-bond acceptors (Lipinski definition) is 3. The second-order valence-electron chi connectivity index (χ2n) is 5.06. The highest BCUT2D eigenvalue weighted by molar-refractivity contribution is 6.30. The number of nitrogens with one attached hydrogen (secondary N) is 1. The summed E-state index contributed by atoms with van der Waals surface area (Å²) in [5.74, 6) is -1.17. The lowest BCUT2D eigenvalue weighted by Gasteiger charge is -2.26. The number of carbonyl (C=O) groups excluding carboxylic acids is 1. The zero-order chi connectivity index (χ0) is 16.0. The Hall–Kier alpha value is -1.59. The lowest BCUT2D eigenvalue weighted by atomic mass is 10.2. The van der Waals surface area contributed by atoms with Gasteiger partial charge in [0.15, 0.2) is 0 Å². The maximum atomic E-state index is 12.1. The van der Waals surface area contributed by atoms with Crippen molar-refractivity contribution in [2.75, 3.05) is 18.4 Å². The van der Waals surface area contributed by atoms with Crippen molar-refractivity contribution in [2.24, 2.45) is 0 Å². The van der Waals surface area contributed by atoms with Gasteiger partial charge in [-0.05, 0) is 44.0 Å².